The Morgan fingerprint density at radius 3 is 2.62 bits per heavy atom. The third kappa shape index (κ3) is 3.98. The summed E-state index contributed by atoms with van der Waals surface area (Å²) >= 11 is 0. The van der Waals surface area contributed by atoms with Gasteiger partial charge < -0.3 is 10.2 Å². The van der Waals surface area contributed by atoms with Gasteiger partial charge in [0.1, 0.15) is 17.5 Å². The van der Waals surface area contributed by atoms with Crippen molar-refractivity contribution in [2.24, 2.45) is 0 Å². The van der Waals surface area contributed by atoms with Gasteiger partial charge in [-0.05, 0) is 24.3 Å². The Labute approximate surface area is 123 Å². The fourth-order valence-corrected chi connectivity index (χ4v) is 2.03. The van der Waals surface area contributed by atoms with Crippen molar-refractivity contribution < 1.29 is 8.78 Å². The molecule has 21 heavy (non-hydrogen) atoms. The molecule has 0 aliphatic rings. The molecule has 0 aliphatic heterocycles. The standard InChI is InChI=1S/C16H19F2N3/c1-11(2)19-9-12-7-14(18)10-20-16(12)21(3)15-6-4-5-13(17)8-15/h4-8,10-11,19H,9H2,1-3H3. The van der Waals surface area contributed by atoms with Gasteiger partial charge in [-0.1, -0.05) is 19.9 Å². The molecule has 0 fully saturated rings. The van der Waals surface area contributed by atoms with E-state index in [1.165, 1.54) is 24.4 Å². The van der Waals surface area contributed by atoms with Crippen molar-refractivity contribution in [2.75, 3.05) is 11.9 Å². The first-order valence-corrected chi connectivity index (χ1v) is 6.84. The van der Waals surface area contributed by atoms with Crippen molar-refractivity contribution >= 4 is 11.5 Å². The van der Waals surface area contributed by atoms with Gasteiger partial charge in [0.25, 0.3) is 0 Å². The molecule has 2 aromatic rings. The summed E-state index contributed by atoms with van der Waals surface area (Å²) in [4.78, 5) is 5.90. The van der Waals surface area contributed by atoms with Crippen LogP contribution in [0.2, 0.25) is 0 Å². The minimum absolute atomic E-state index is 0.278. The lowest BCUT2D eigenvalue weighted by atomic mass is 10.2. The molecule has 0 atom stereocenters. The zero-order valence-electron chi connectivity index (χ0n) is 12.4. The summed E-state index contributed by atoms with van der Waals surface area (Å²) in [5.41, 5.74) is 1.40. The molecule has 0 saturated carbocycles. The minimum atomic E-state index is -0.382. The van der Waals surface area contributed by atoms with Gasteiger partial charge in [-0.25, -0.2) is 13.8 Å². The Hall–Kier alpha value is -2.01. The number of rotatable bonds is 5. The second-order valence-electron chi connectivity index (χ2n) is 5.21. The fraction of sp³-hybridized carbons (Fsp3) is 0.312. The number of pyridine rings is 1. The molecule has 1 heterocycles. The highest BCUT2D eigenvalue weighted by Gasteiger charge is 2.13. The first kappa shape index (κ1) is 15.4. The first-order chi connectivity index (χ1) is 9.97. The SMILES string of the molecule is CC(C)NCc1cc(F)cnc1N(C)c1cccc(F)c1. The summed E-state index contributed by atoms with van der Waals surface area (Å²) in [7, 11) is 1.79. The zero-order chi connectivity index (χ0) is 15.4. The van der Waals surface area contributed by atoms with Crippen LogP contribution < -0.4 is 10.2 Å². The second kappa shape index (κ2) is 6.63. The number of anilines is 2. The number of nitrogens with zero attached hydrogens (tertiary/aromatic N) is 2. The van der Waals surface area contributed by atoms with Gasteiger partial charge in [-0.2, -0.15) is 0 Å². The quantitative estimate of drug-likeness (QED) is 0.912. The monoisotopic (exact) mass is 291 g/mol. The van der Waals surface area contributed by atoms with E-state index in [0.29, 0.717) is 18.1 Å². The van der Waals surface area contributed by atoms with Crippen molar-refractivity contribution in [2.45, 2.75) is 26.4 Å². The van der Waals surface area contributed by atoms with Crippen LogP contribution in [0, 0.1) is 11.6 Å². The molecule has 1 aromatic heterocycles. The Morgan fingerprint density at radius 2 is 1.95 bits per heavy atom. The highest BCUT2D eigenvalue weighted by molar-refractivity contribution is 5.62. The van der Waals surface area contributed by atoms with Crippen LogP contribution >= 0.6 is 0 Å². The van der Waals surface area contributed by atoms with E-state index in [9.17, 15) is 8.78 Å². The van der Waals surface area contributed by atoms with E-state index < -0.39 is 0 Å². The number of hydrogen-bond acceptors (Lipinski definition) is 3. The summed E-state index contributed by atoms with van der Waals surface area (Å²) in [5.74, 6) is -0.0922. The highest BCUT2D eigenvalue weighted by atomic mass is 19.1. The van der Waals surface area contributed by atoms with Crippen LogP contribution in [0.5, 0.6) is 0 Å². The summed E-state index contributed by atoms with van der Waals surface area (Å²) in [6.07, 6.45) is 1.17. The fourth-order valence-electron chi connectivity index (χ4n) is 2.03. The predicted molar refractivity (Wildman–Crippen MR) is 80.6 cm³/mol. The Kier molecular flexibility index (Phi) is 4.85. The largest absolute Gasteiger partial charge is 0.329 e. The van der Waals surface area contributed by atoms with Gasteiger partial charge in [0.2, 0.25) is 0 Å². The van der Waals surface area contributed by atoms with Gasteiger partial charge in [0, 0.05) is 30.9 Å². The Balaban J connectivity index is 2.33. The lowest BCUT2D eigenvalue weighted by Gasteiger charge is -2.22. The summed E-state index contributed by atoms with van der Waals surface area (Å²) in [5, 5.41) is 3.24. The second-order valence-corrected chi connectivity index (χ2v) is 5.21. The van der Waals surface area contributed by atoms with E-state index in [4.69, 9.17) is 0 Å². The number of halogens is 2. The van der Waals surface area contributed by atoms with E-state index in [2.05, 4.69) is 10.3 Å². The van der Waals surface area contributed by atoms with Crippen molar-refractivity contribution in [3.63, 3.8) is 0 Å². The topological polar surface area (TPSA) is 28.2 Å². The molecule has 0 unspecified atom stereocenters. The van der Waals surface area contributed by atoms with Crippen LogP contribution in [0.1, 0.15) is 19.4 Å². The molecule has 0 radical (unpaired) electrons. The third-order valence-corrected chi connectivity index (χ3v) is 3.12. The van der Waals surface area contributed by atoms with Crippen molar-refractivity contribution in [1.82, 2.24) is 10.3 Å². The van der Waals surface area contributed by atoms with Crippen LogP contribution in [-0.2, 0) is 6.54 Å². The molecular weight excluding hydrogens is 272 g/mol. The number of hydrogen-bond donors (Lipinski definition) is 1. The lowest BCUT2D eigenvalue weighted by molar-refractivity contribution is 0.578. The van der Waals surface area contributed by atoms with Gasteiger partial charge in [-0.15, -0.1) is 0 Å². The van der Waals surface area contributed by atoms with Crippen molar-refractivity contribution in [1.29, 1.82) is 0 Å². The number of nitrogens with one attached hydrogen (secondary N) is 1. The molecule has 1 aromatic carbocycles. The summed E-state index contributed by atoms with van der Waals surface area (Å²) < 4.78 is 26.8. The molecule has 0 amide bonds. The van der Waals surface area contributed by atoms with E-state index >= 15 is 0 Å². The Morgan fingerprint density at radius 1 is 1.19 bits per heavy atom. The van der Waals surface area contributed by atoms with E-state index in [1.807, 2.05) is 13.8 Å². The zero-order valence-corrected chi connectivity index (χ0v) is 12.4. The molecule has 2 rings (SSSR count). The van der Waals surface area contributed by atoms with E-state index in [0.717, 1.165) is 5.56 Å². The van der Waals surface area contributed by atoms with Crippen LogP contribution in [0.4, 0.5) is 20.3 Å². The van der Waals surface area contributed by atoms with Crippen molar-refractivity contribution in [3.05, 3.63) is 53.7 Å². The maximum atomic E-state index is 13.4. The average Bonchev–Trinajstić information content (AvgIpc) is 2.44. The molecule has 0 spiro atoms. The molecule has 0 saturated heterocycles. The predicted octanol–water partition coefficient (Wildman–Crippen LogP) is 3.63. The van der Waals surface area contributed by atoms with Gasteiger partial charge in [-0.3, -0.25) is 0 Å². The first-order valence-electron chi connectivity index (χ1n) is 6.84. The normalized spacial score (nSPS) is 11.0. The highest BCUT2D eigenvalue weighted by Crippen LogP contribution is 2.26. The lowest BCUT2D eigenvalue weighted by Crippen LogP contribution is -2.24. The average molecular weight is 291 g/mol. The maximum absolute atomic E-state index is 13.4. The molecular formula is C16H19F2N3. The number of aromatic nitrogens is 1. The van der Waals surface area contributed by atoms with E-state index in [-0.39, 0.29) is 17.7 Å². The van der Waals surface area contributed by atoms with Gasteiger partial charge in [0.15, 0.2) is 0 Å². The molecule has 112 valence electrons. The molecule has 0 aliphatic carbocycles. The molecule has 0 bridgehead atoms. The van der Waals surface area contributed by atoms with E-state index in [1.54, 1.807) is 24.1 Å². The van der Waals surface area contributed by atoms with Gasteiger partial charge >= 0.3 is 0 Å². The van der Waals surface area contributed by atoms with Gasteiger partial charge in [0.05, 0.1) is 6.20 Å². The molecule has 1 N–H and O–H groups in total. The van der Waals surface area contributed by atoms with Crippen LogP contribution in [0.3, 0.4) is 0 Å². The molecule has 5 heteroatoms. The minimum Gasteiger partial charge on any atom is -0.329 e. The van der Waals surface area contributed by atoms with Crippen LogP contribution in [0.25, 0.3) is 0 Å². The summed E-state index contributed by atoms with van der Waals surface area (Å²) in [6.45, 7) is 4.53. The maximum Gasteiger partial charge on any atom is 0.141 e. The van der Waals surface area contributed by atoms with Crippen LogP contribution in [-0.4, -0.2) is 18.1 Å². The third-order valence-electron chi connectivity index (χ3n) is 3.12. The summed E-state index contributed by atoms with van der Waals surface area (Å²) in [6, 6.07) is 7.96. The van der Waals surface area contributed by atoms with Crippen LogP contribution in [0.15, 0.2) is 36.5 Å². The Bertz CT molecular complexity index is 614. The number of benzene rings is 1. The molecule has 3 nitrogen and oxygen atoms in total. The smallest absolute Gasteiger partial charge is 0.141 e. The van der Waals surface area contributed by atoms with Crippen molar-refractivity contribution in [3.8, 4) is 0 Å².